The molecular weight excluding hydrogens is 516 g/mol. The topological polar surface area (TPSA) is 0 Å². The predicted molar refractivity (Wildman–Crippen MR) is 181 cm³/mol. The summed E-state index contributed by atoms with van der Waals surface area (Å²) >= 11 is 0. The minimum absolute atomic E-state index is 0.335. The quantitative estimate of drug-likeness (QED) is 0.342. The highest BCUT2D eigenvalue weighted by atomic mass is 14.4. The molecule has 0 N–H and O–H groups in total. The molecule has 0 radical (unpaired) electrons. The average Bonchev–Trinajstić information content (AvgIpc) is 2.98. The molecule has 1 aromatic carbocycles. The molecule has 0 aliphatic heterocycles. The summed E-state index contributed by atoms with van der Waals surface area (Å²) < 4.78 is 0. The molecule has 0 heterocycles. The van der Waals surface area contributed by atoms with Gasteiger partial charge in [-0.3, -0.25) is 0 Å². The molecule has 0 spiro atoms. The van der Waals surface area contributed by atoms with Crippen molar-refractivity contribution < 1.29 is 0 Å². The van der Waals surface area contributed by atoms with E-state index in [1.165, 1.54) is 100 Å². The minimum atomic E-state index is 0.335. The van der Waals surface area contributed by atoms with E-state index in [1.807, 2.05) is 0 Å². The van der Waals surface area contributed by atoms with E-state index >= 15 is 0 Å². The van der Waals surface area contributed by atoms with Gasteiger partial charge in [0.15, 0.2) is 0 Å². The van der Waals surface area contributed by atoms with Crippen molar-refractivity contribution in [3.63, 3.8) is 0 Å². The number of allylic oxidation sites excluding steroid dienone is 28. The third-order valence-electron chi connectivity index (χ3n) is 10.6. The molecule has 0 saturated carbocycles. The lowest BCUT2D eigenvalue weighted by atomic mass is 9.64. The Morgan fingerprint density at radius 2 is 1.49 bits per heavy atom. The highest BCUT2D eigenvalue weighted by Crippen LogP contribution is 2.54. The van der Waals surface area contributed by atoms with Crippen molar-refractivity contribution in [1.29, 1.82) is 0 Å². The maximum Gasteiger partial charge on any atom is 0.0357 e. The van der Waals surface area contributed by atoms with Crippen molar-refractivity contribution >= 4 is 11.1 Å². The fourth-order valence-corrected chi connectivity index (χ4v) is 8.87. The summed E-state index contributed by atoms with van der Waals surface area (Å²) in [4.78, 5) is 0. The molecule has 0 nitrogen and oxygen atoms in total. The SMILES string of the molecule is CC1=CC2=CC=C3C4=C(C=CC(=C1)C24)C(c1cc(C)cc(C2=C4C=CC5=C6C(=CC=C(C(C)=C2)C46)CC(C)=C5)c1)=CC3C. The second-order valence-electron chi connectivity index (χ2n) is 13.7. The van der Waals surface area contributed by atoms with E-state index in [1.54, 1.807) is 0 Å². The van der Waals surface area contributed by atoms with Gasteiger partial charge in [-0.05, 0) is 129 Å². The van der Waals surface area contributed by atoms with Gasteiger partial charge in [0.25, 0.3) is 0 Å². The zero-order valence-electron chi connectivity index (χ0n) is 25.7. The third kappa shape index (κ3) is 3.56. The standard InChI is InChI=1S/C43H36/c1-23-14-28-6-10-34-26(4)20-38(36-12-8-30(16-23)40(28)42(34)36)32-18-25(3)19-33(22-32)39-21-27(5)35-11-7-29-15-24(2)17-31-9-13-37(39)43(35)41(29)31/h6-14,16-22,26,40,43H,15H2,1-5H3. The lowest BCUT2D eigenvalue weighted by Crippen LogP contribution is -2.25. The van der Waals surface area contributed by atoms with Gasteiger partial charge in [0.1, 0.15) is 0 Å². The van der Waals surface area contributed by atoms with Gasteiger partial charge in [-0.25, -0.2) is 0 Å². The maximum atomic E-state index is 2.51. The van der Waals surface area contributed by atoms with Crippen molar-refractivity contribution in [2.45, 2.75) is 41.0 Å². The van der Waals surface area contributed by atoms with E-state index in [9.17, 15) is 0 Å². The van der Waals surface area contributed by atoms with Gasteiger partial charge in [0.2, 0.25) is 0 Å². The number of benzene rings is 1. The van der Waals surface area contributed by atoms with Gasteiger partial charge >= 0.3 is 0 Å². The van der Waals surface area contributed by atoms with E-state index in [0.717, 1.165) is 6.42 Å². The van der Waals surface area contributed by atoms with Crippen LogP contribution in [0.4, 0.5) is 0 Å². The van der Waals surface area contributed by atoms with Crippen LogP contribution in [0.15, 0.2) is 170 Å². The number of rotatable bonds is 2. The van der Waals surface area contributed by atoms with Gasteiger partial charge < -0.3 is 0 Å². The van der Waals surface area contributed by atoms with Gasteiger partial charge in [-0.15, -0.1) is 0 Å². The van der Waals surface area contributed by atoms with Crippen LogP contribution >= 0.6 is 0 Å². The number of hydrogen-bond acceptors (Lipinski definition) is 0. The molecule has 9 rings (SSSR count). The van der Waals surface area contributed by atoms with Crippen LogP contribution in [0, 0.1) is 24.7 Å². The molecule has 0 saturated heterocycles. The van der Waals surface area contributed by atoms with Crippen LogP contribution in [0.25, 0.3) is 11.1 Å². The highest BCUT2D eigenvalue weighted by molar-refractivity contribution is 5.92. The Hall–Kier alpha value is -4.42. The van der Waals surface area contributed by atoms with E-state index in [-0.39, 0.29) is 0 Å². The van der Waals surface area contributed by atoms with E-state index in [2.05, 4.69) is 132 Å². The van der Waals surface area contributed by atoms with Crippen LogP contribution in [0.5, 0.6) is 0 Å². The smallest absolute Gasteiger partial charge is 0.0357 e. The fourth-order valence-electron chi connectivity index (χ4n) is 8.87. The summed E-state index contributed by atoms with van der Waals surface area (Å²) in [7, 11) is 0. The van der Waals surface area contributed by atoms with Crippen molar-refractivity contribution in [2.75, 3.05) is 0 Å². The first-order chi connectivity index (χ1) is 20.8. The first-order valence-electron chi connectivity index (χ1n) is 15.9. The molecule has 8 aliphatic carbocycles. The monoisotopic (exact) mass is 552 g/mol. The van der Waals surface area contributed by atoms with E-state index < -0.39 is 0 Å². The normalized spacial score (nSPS) is 27.7. The molecule has 1 aromatic rings. The van der Waals surface area contributed by atoms with Gasteiger partial charge in [0.05, 0.1) is 0 Å². The largest absolute Gasteiger partial charge is 0.0688 e. The van der Waals surface area contributed by atoms with Gasteiger partial charge in [-0.1, -0.05) is 109 Å². The van der Waals surface area contributed by atoms with Crippen LogP contribution in [-0.4, -0.2) is 0 Å². The number of aryl methyl sites for hydroxylation is 1. The lowest BCUT2D eigenvalue weighted by molar-refractivity contribution is 0.761. The van der Waals surface area contributed by atoms with Crippen LogP contribution in [0.1, 0.15) is 50.8 Å². The average molecular weight is 553 g/mol. The predicted octanol–water partition coefficient (Wildman–Crippen LogP) is 10.7. The Morgan fingerprint density at radius 1 is 0.651 bits per heavy atom. The summed E-state index contributed by atoms with van der Waals surface area (Å²) in [6.45, 7) is 11.4. The molecule has 208 valence electrons. The molecule has 0 aromatic heterocycles. The summed E-state index contributed by atoms with van der Waals surface area (Å²) in [5.74, 6) is 1.07. The van der Waals surface area contributed by atoms with Crippen LogP contribution in [-0.2, 0) is 0 Å². The zero-order chi connectivity index (χ0) is 29.1. The third-order valence-corrected chi connectivity index (χ3v) is 10.6. The molecule has 0 amide bonds. The Bertz CT molecular complexity index is 2060. The van der Waals surface area contributed by atoms with E-state index in [4.69, 9.17) is 0 Å². The molecular formula is C43H36. The molecule has 0 heteroatoms. The highest BCUT2D eigenvalue weighted by Gasteiger charge is 2.38. The lowest BCUT2D eigenvalue weighted by Gasteiger charge is -2.40. The van der Waals surface area contributed by atoms with Crippen LogP contribution in [0.3, 0.4) is 0 Å². The molecule has 43 heavy (non-hydrogen) atoms. The Kier molecular flexibility index (Phi) is 5.14. The molecule has 8 aliphatic rings. The summed E-state index contributed by atoms with van der Waals surface area (Å²) in [6, 6.07) is 7.27. The van der Waals surface area contributed by atoms with Gasteiger partial charge in [0, 0.05) is 17.8 Å². The van der Waals surface area contributed by atoms with Crippen LogP contribution in [0.2, 0.25) is 0 Å². The fraction of sp³-hybridized carbons (Fsp3) is 0.209. The first-order valence-corrected chi connectivity index (χ1v) is 15.9. The second-order valence-corrected chi connectivity index (χ2v) is 13.7. The van der Waals surface area contributed by atoms with Crippen molar-refractivity contribution in [3.8, 4) is 0 Å². The first kappa shape index (κ1) is 25.1. The summed E-state index contributed by atoms with van der Waals surface area (Å²) in [5.41, 5.74) is 25.5. The van der Waals surface area contributed by atoms with Gasteiger partial charge in [-0.2, -0.15) is 0 Å². The van der Waals surface area contributed by atoms with Crippen LogP contribution < -0.4 is 0 Å². The Balaban J connectivity index is 1.20. The second kappa shape index (κ2) is 8.80. The minimum Gasteiger partial charge on any atom is -0.0688 e. The van der Waals surface area contributed by atoms with Crippen molar-refractivity contribution in [2.24, 2.45) is 17.8 Å². The molecule has 0 bridgehead atoms. The Labute approximate surface area is 255 Å². The van der Waals surface area contributed by atoms with Crippen molar-refractivity contribution in [1.82, 2.24) is 0 Å². The summed E-state index contributed by atoms with van der Waals surface area (Å²) in [5, 5.41) is 0. The molecule has 3 unspecified atom stereocenters. The van der Waals surface area contributed by atoms with E-state index in [0.29, 0.717) is 17.8 Å². The zero-order valence-corrected chi connectivity index (χ0v) is 25.7. The summed E-state index contributed by atoms with van der Waals surface area (Å²) in [6.07, 6.45) is 32.2. The maximum absolute atomic E-state index is 2.51. The van der Waals surface area contributed by atoms with Crippen molar-refractivity contribution in [3.05, 3.63) is 186 Å². The molecule has 3 atom stereocenters. The molecule has 0 fully saturated rings. The Morgan fingerprint density at radius 3 is 2.37 bits per heavy atom. The number of hydrogen-bond donors (Lipinski definition) is 0.